The summed E-state index contributed by atoms with van der Waals surface area (Å²) >= 11 is 5.53. The van der Waals surface area contributed by atoms with Crippen LogP contribution in [0.4, 0.5) is 0 Å². The summed E-state index contributed by atoms with van der Waals surface area (Å²) in [6, 6.07) is 9.32. The third kappa shape index (κ3) is 3.23. The summed E-state index contributed by atoms with van der Waals surface area (Å²) in [6.45, 7) is 0. The predicted octanol–water partition coefficient (Wildman–Crippen LogP) is 3.68. The summed E-state index contributed by atoms with van der Waals surface area (Å²) in [5, 5.41) is 4.16. The van der Waals surface area contributed by atoms with Crippen LogP contribution in [0.1, 0.15) is 19.3 Å². The molecule has 0 bridgehead atoms. The monoisotopic (exact) mass is 285 g/mol. The van der Waals surface area contributed by atoms with Crippen molar-refractivity contribution in [3.8, 4) is 0 Å². The van der Waals surface area contributed by atoms with Crippen molar-refractivity contribution in [1.29, 1.82) is 0 Å². The van der Waals surface area contributed by atoms with Gasteiger partial charge in [-0.1, -0.05) is 22.0 Å². The van der Waals surface area contributed by atoms with E-state index in [1.54, 1.807) is 0 Å². The Bertz CT molecular complexity index is 329. The number of benzene rings is 1. The van der Waals surface area contributed by atoms with Crippen LogP contribution in [-0.2, 0) is 0 Å². The second-order valence-corrected chi connectivity index (χ2v) is 6.29. The third-order valence-electron chi connectivity index (χ3n) is 2.89. The summed E-state index contributed by atoms with van der Waals surface area (Å²) in [5.41, 5.74) is 0. The summed E-state index contributed by atoms with van der Waals surface area (Å²) in [7, 11) is 2.07. The fraction of sp³-hybridized carbons (Fsp3) is 0.500. The van der Waals surface area contributed by atoms with E-state index in [0.29, 0.717) is 0 Å². The molecular formula is C12H16BrNS. The average Bonchev–Trinajstić information content (AvgIpc) is 2.65. The number of halogens is 1. The van der Waals surface area contributed by atoms with Gasteiger partial charge in [0.05, 0.1) is 0 Å². The Balaban J connectivity index is 1.92. The minimum Gasteiger partial charge on any atom is -0.317 e. The van der Waals surface area contributed by atoms with Crippen molar-refractivity contribution in [2.75, 3.05) is 7.05 Å². The highest BCUT2D eigenvalue weighted by Gasteiger charge is 2.23. The second kappa shape index (κ2) is 5.37. The highest BCUT2D eigenvalue weighted by atomic mass is 79.9. The fourth-order valence-corrected chi connectivity index (χ4v) is 3.91. The largest absolute Gasteiger partial charge is 0.317 e. The summed E-state index contributed by atoms with van der Waals surface area (Å²) in [4.78, 5) is 1.38. The molecule has 0 amide bonds. The number of thioether (sulfide) groups is 1. The molecule has 1 aliphatic rings. The lowest BCUT2D eigenvalue weighted by atomic mass is 10.3. The molecule has 2 rings (SSSR count). The van der Waals surface area contributed by atoms with Gasteiger partial charge in [0, 0.05) is 20.7 Å². The van der Waals surface area contributed by atoms with Gasteiger partial charge in [-0.15, -0.1) is 11.8 Å². The van der Waals surface area contributed by atoms with Crippen molar-refractivity contribution in [2.24, 2.45) is 0 Å². The minimum atomic E-state index is 0.731. The predicted molar refractivity (Wildman–Crippen MR) is 70.5 cm³/mol. The Hall–Kier alpha value is 0.01000. The highest BCUT2D eigenvalue weighted by Crippen LogP contribution is 2.35. The van der Waals surface area contributed by atoms with E-state index < -0.39 is 0 Å². The molecule has 1 fully saturated rings. The molecule has 1 saturated carbocycles. The van der Waals surface area contributed by atoms with Gasteiger partial charge in [0.1, 0.15) is 0 Å². The molecular weight excluding hydrogens is 270 g/mol. The van der Waals surface area contributed by atoms with E-state index in [2.05, 4.69) is 52.6 Å². The first kappa shape index (κ1) is 11.5. The summed E-state index contributed by atoms with van der Waals surface area (Å²) in [5.74, 6) is 0. The Morgan fingerprint density at radius 3 is 2.93 bits per heavy atom. The fourth-order valence-electron chi connectivity index (χ4n) is 2.04. The Kier molecular flexibility index (Phi) is 4.12. The van der Waals surface area contributed by atoms with Gasteiger partial charge in [0.2, 0.25) is 0 Å². The van der Waals surface area contributed by atoms with Crippen molar-refractivity contribution in [3.63, 3.8) is 0 Å². The average molecular weight is 286 g/mol. The normalized spacial score (nSPS) is 25.7. The van der Waals surface area contributed by atoms with Crippen LogP contribution >= 0.6 is 27.7 Å². The summed E-state index contributed by atoms with van der Waals surface area (Å²) in [6.07, 6.45) is 3.96. The molecule has 1 aliphatic carbocycles. The lowest BCUT2D eigenvalue weighted by Crippen LogP contribution is -2.21. The van der Waals surface area contributed by atoms with E-state index in [1.165, 1.54) is 28.6 Å². The molecule has 1 aromatic rings. The maximum atomic E-state index is 3.51. The molecule has 15 heavy (non-hydrogen) atoms. The van der Waals surface area contributed by atoms with Gasteiger partial charge in [-0.2, -0.15) is 0 Å². The van der Waals surface area contributed by atoms with Crippen LogP contribution in [-0.4, -0.2) is 18.3 Å². The second-order valence-electron chi connectivity index (χ2n) is 4.00. The van der Waals surface area contributed by atoms with Gasteiger partial charge in [-0.05, 0) is 44.5 Å². The Labute approximate surface area is 104 Å². The first-order chi connectivity index (χ1) is 7.28. The van der Waals surface area contributed by atoms with Crippen molar-refractivity contribution < 1.29 is 0 Å². The Morgan fingerprint density at radius 2 is 2.27 bits per heavy atom. The molecule has 0 aromatic heterocycles. The molecule has 0 heterocycles. The topological polar surface area (TPSA) is 12.0 Å². The van der Waals surface area contributed by atoms with Crippen molar-refractivity contribution in [1.82, 2.24) is 5.32 Å². The maximum Gasteiger partial charge on any atom is 0.0186 e. The van der Waals surface area contributed by atoms with Crippen LogP contribution in [0.5, 0.6) is 0 Å². The Morgan fingerprint density at radius 1 is 1.40 bits per heavy atom. The first-order valence-electron chi connectivity index (χ1n) is 5.37. The molecule has 0 spiro atoms. The van der Waals surface area contributed by atoms with Gasteiger partial charge >= 0.3 is 0 Å². The lowest BCUT2D eigenvalue weighted by Gasteiger charge is -2.10. The van der Waals surface area contributed by atoms with Crippen LogP contribution in [0.15, 0.2) is 33.6 Å². The number of hydrogen-bond donors (Lipinski definition) is 1. The van der Waals surface area contributed by atoms with E-state index in [9.17, 15) is 0 Å². The SMILES string of the molecule is CNC1CCC(Sc2cccc(Br)c2)C1. The van der Waals surface area contributed by atoms with Gasteiger partial charge in [0.15, 0.2) is 0 Å². The van der Waals surface area contributed by atoms with Crippen molar-refractivity contribution in [2.45, 2.75) is 35.4 Å². The van der Waals surface area contributed by atoms with E-state index in [-0.39, 0.29) is 0 Å². The minimum absolute atomic E-state index is 0.731. The standard InChI is InChI=1S/C12H16BrNS/c1-14-10-5-6-12(8-10)15-11-4-2-3-9(13)7-11/h2-4,7,10,12,14H,5-6,8H2,1H3. The van der Waals surface area contributed by atoms with Gasteiger partial charge in [0.25, 0.3) is 0 Å². The quantitative estimate of drug-likeness (QED) is 0.909. The zero-order chi connectivity index (χ0) is 10.7. The van der Waals surface area contributed by atoms with Crippen LogP contribution in [0.3, 0.4) is 0 Å². The molecule has 1 nitrogen and oxygen atoms in total. The van der Waals surface area contributed by atoms with Crippen LogP contribution in [0.25, 0.3) is 0 Å². The molecule has 1 N–H and O–H groups in total. The lowest BCUT2D eigenvalue weighted by molar-refractivity contribution is 0.583. The van der Waals surface area contributed by atoms with E-state index in [1.807, 2.05) is 11.8 Å². The van der Waals surface area contributed by atoms with Crippen LogP contribution in [0, 0.1) is 0 Å². The zero-order valence-corrected chi connectivity index (χ0v) is 11.3. The molecule has 0 saturated heterocycles. The molecule has 0 aliphatic heterocycles. The van der Waals surface area contributed by atoms with Gasteiger partial charge in [-0.25, -0.2) is 0 Å². The highest BCUT2D eigenvalue weighted by molar-refractivity contribution is 9.10. The molecule has 1 aromatic carbocycles. The summed E-state index contributed by atoms with van der Waals surface area (Å²) < 4.78 is 1.18. The van der Waals surface area contributed by atoms with E-state index >= 15 is 0 Å². The van der Waals surface area contributed by atoms with Crippen LogP contribution < -0.4 is 5.32 Å². The van der Waals surface area contributed by atoms with E-state index in [0.717, 1.165) is 11.3 Å². The molecule has 3 heteroatoms. The number of rotatable bonds is 3. The number of nitrogens with one attached hydrogen (secondary N) is 1. The van der Waals surface area contributed by atoms with Crippen molar-refractivity contribution >= 4 is 27.7 Å². The smallest absolute Gasteiger partial charge is 0.0186 e. The molecule has 82 valence electrons. The third-order valence-corrected chi connectivity index (χ3v) is 4.67. The molecule has 2 unspecified atom stereocenters. The van der Waals surface area contributed by atoms with Gasteiger partial charge in [-0.3, -0.25) is 0 Å². The first-order valence-corrected chi connectivity index (χ1v) is 7.04. The molecule has 0 radical (unpaired) electrons. The van der Waals surface area contributed by atoms with Crippen molar-refractivity contribution in [3.05, 3.63) is 28.7 Å². The maximum absolute atomic E-state index is 3.51. The van der Waals surface area contributed by atoms with E-state index in [4.69, 9.17) is 0 Å². The molecule has 2 atom stereocenters. The number of hydrogen-bond acceptors (Lipinski definition) is 2. The van der Waals surface area contributed by atoms with Crippen LogP contribution in [0.2, 0.25) is 0 Å². The van der Waals surface area contributed by atoms with Gasteiger partial charge < -0.3 is 5.32 Å². The zero-order valence-electron chi connectivity index (χ0n) is 8.87.